The molecule has 1 heterocycles. The lowest BCUT2D eigenvalue weighted by atomic mass is 9.84. The second-order valence-electron chi connectivity index (χ2n) is 10.9. The van der Waals surface area contributed by atoms with E-state index in [2.05, 4.69) is 0 Å². The van der Waals surface area contributed by atoms with Gasteiger partial charge in [-0.05, 0) is 38.5 Å². The Labute approximate surface area is 208 Å². The highest BCUT2D eigenvalue weighted by atomic mass is 16.3. The quantitative estimate of drug-likeness (QED) is 0.244. The molecule has 12 heteroatoms. The van der Waals surface area contributed by atoms with E-state index in [1.54, 1.807) is 0 Å². The number of hydrogen-bond donors (Lipinski definition) is 6. The molecule has 0 spiro atoms. The smallest absolute Gasteiger partial charge is 0.336 e. The van der Waals surface area contributed by atoms with Gasteiger partial charge in [-0.2, -0.15) is 0 Å². The predicted octanol–water partition coefficient (Wildman–Crippen LogP) is -2.26. The van der Waals surface area contributed by atoms with Crippen LogP contribution < -0.4 is 17.1 Å². The second-order valence-corrected chi connectivity index (χ2v) is 10.9. The Bertz CT molecular complexity index is 918. The van der Waals surface area contributed by atoms with Crippen LogP contribution in [0.3, 0.4) is 0 Å². The Balaban J connectivity index is 1.74. The molecule has 0 aromatic carbocycles. The summed E-state index contributed by atoms with van der Waals surface area (Å²) in [6, 6.07) is 0. The van der Waals surface area contributed by atoms with E-state index in [1.807, 2.05) is 0 Å². The molecule has 3 aliphatic carbocycles. The fraction of sp³-hybridized carbons (Fsp3) is 0.875. The van der Waals surface area contributed by atoms with Gasteiger partial charge in [0.2, 0.25) is 0 Å². The van der Waals surface area contributed by atoms with Crippen molar-refractivity contribution in [3.05, 3.63) is 31.5 Å². The molecule has 9 unspecified atom stereocenters. The maximum Gasteiger partial charge on any atom is 0.336 e. The van der Waals surface area contributed by atoms with Crippen LogP contribution in [0.4, 0.5) is 0 Å². The summed E-state index contributed by atoms with van der Waals surface area (Å²) < 4.78 is 2.68. The SMILES string of the molecule is O=c1n(CC2CCCC(O)C2O)c(=O)n(CC2CCCC(O)C2O)c(=O)n1CC1CCCC(O)C1O. The summed E-state index contributed by atoms with van der Waals surface area (Å²) in [6.45, 7) is -0.578. The fourth-order valence-corrected chi connectivity index (χ4v) is 6.19. The van der Waals surface area contributed by atoms with E-state index < -0.39 is 71.4 Å². The summed E-state index contributed by atoms with van der Waals surface area (Å²) in [5.41, 5.74) is -2.61. The minimum absolute atomic E-state index is 0.193. The van der Waals surface area contributed by atoms with E-state index in [0.29, 0.717) is 57.8 Å². The van der Waals surface area contributed by atoms with Crippen molar-refractivity contribution in [3.63, 3.8) is 0 Å². The summed E-state index contributed by atoms with van der Waals surface area (Å²) in [5, 5.41) is 61.6. The Morgan fingerprint density at radius 3 is 0.972 bits per heavy atom. The number of nitrogens with zero attached hydrogens (tertiary/aromatic N) is 3. The molecule has 12 nitrogen and oxygen atoms in total. The highest BCUT2D eigenvalue weighted by Gasteiger charge is 2.36. The lowest BCUT2D eigenvalue weighted by Gasteiger charge is -2.34. The number of aromatic nitrogens is 3. The molecule has 0 amide bonds. The third kappa shape index (κ3) is 5.39. The first-order valence-corrected chi connectivity index (χ1v) is 13.1. The van der Waals surface area contributed by atoms with Gasteiger partial charge in [-0.15, -0.1) is 0 Å². The van der Waals surface area contributed by atoms with E-state index in [9.17, 15) is 45.0 Å². The lowest BCUT2D eigenvalue weighted by Crippen LogP contribution is -2.58. The van der Waals surface area contributed by atoms with Crippen molar-refractivity contribution in [2.24, 2.45) is 17.8 Å². The molecule has 4 rings (SSSR count). The highest BCUT2D eigenvalue weighted by molar-refractivity contribution is 4.90. The van der Waals surface area contributed by atoms with Gasteiger partial charge in [-0.3, -0.25) is 0 Å². The van der Waals surface area contributed by atoms with Gasteiger partial charge in [-0.1, -0.05) is 19.3 Å². The average Bonchev–Trinajstić information content (AvgIpc) is 2.85. The molecule has 3 aliphatic rings. The van der Waals surface area contributed by atoms with Gasteiger partial charge in [0.05, 0.1) is 36.6 Å². The van der Waals surface area contributed by atoms with Gasteiger partial charge in [0.15, 0.2) is 0 Å². The topological polar surface area (TPSA) is 187 Å². The molecule has 3 saturated carbocycles. The van der Waals surface area contributed by atoms with E-state index in [4.69, 9.17) is 0 Å². The number of aliphatic hydroxyl groups is 6. The second kappa shape index (κ2) is 11.3. The zero-order chi connectivity index (χ0) is 26.1. The standard InChI is InChI=1S/C24H39N3O9/c28-16-7-1-4-13(19(16)31)10-25-22(34)26(11-14-5-2-8-17(29)20(14)32)24(36)27(23(25)35)12-15-6-3-9-18(30)21(15)33/h13-21,28-33H,1-12H2. The summed E-state index contributed by atoms with van der Waals surface area (Å²) in [4.78, 5) is 40.3. The number of hydrogen-bond acceptors (Lipinski definition) is 9. The van der Waals surface area contributed by atoms with Gasteiger partial charge in [-0.25, -0.2) is 28.1 Å². The van der Waals surface area contributed by atoms with Gasteiger partial charge < -0.3 is 30.6 Å². The minimum atomic E-state index is -1.12. The highest BCUT2D eigenvalue weighted by Crippen LogP contribution is 2.28. The molecule has 36 heavy (non-hydrogen) atoms. The summed E-state index contributed by atoms with van der Waals surface area (Å²) in [5.74, 6) is -1.70. The Hall–Kier alpha value is -1.83. The monoisotopic (exact) mass is 513 g/mol. The van der Waals surface area contributed by atoms with Gasteiger partial charge in [0.1, 0.15) is 0 Å². The van der Waals surface area contributed by atoms with Crippen molar-refractivity contribution in [3.8, 4) is 0 Å². The van der Waals surface area contributed by atoms with Gasteiger partial charge in [0.25, 0.3) is 0 Å². The van der Waals surface area contributed by atoms with Crippen LogP contribution in [-0.4, -0.2) is 81.0 Å². The van der Waals surface area contributed by atoms with Crippen LogP contribution in [0.2, 0.25) is 0 Å². The number of aliphatic hydroxyl groups excluding tert-OH is 6. The van der Waals surface area contributed by atoms with Crippen molar-refractivity contribution >= 4 is 0 Å². The third-order valence-corrected chi connectivity index (χ3v) is 8.49. The summed E-state index contributed by atoms with van der Waals surface area (Å²) in [6.07, 6.45) is -1.70. The predicted molar refractivity (Wildman–Crippen MR) is 127 cm³/mol. The normalized spacial score (nSPS) is 37.7. The van der Waals surface area contributed by atoms with Gasteiger partial charge in [0, 0.05) is 37.4 Å². The first-order chi connectivity index (χ1) is 17.1. The maximum absolute atomic E-state index is 13.4. The van der Waals surface area contributed by atoms with Crippen molar-refractivity contribution < 1.29 is 30.6 Å². The van der Waals surface area contributed by atoms with Crippen LogP contribution in [0.25, 0.3) is 0 Å². The Morgan fingerprint density at radius 1 is 0.472 bits per heavy atom. The molecule has 0 saturated heterocycles. The lowest BCUT2D eigenvalue weighted by molar-refractivity contribution is -0.0537. The largest absolute Gasteiger partial charge is 0.390 e. The molecule has 204 valence electrons. The molecular weight excluding hydrogens is 474 g/mol. The molecule has 3 fully saturated rings. The van der Waals surface area contributed by atoms with Crippen LogP contribution in [-0.2, 0) is 19.6 Å². The number of rotatable bonds is 6. The van der Waals surface area contributed by atoms with E-state index in [0.717, 1.165) is 13.7 Å². The summed E-state index contributed by atoms with van der Waals surface area (Å²) in [7, 11) is 0. The molecule has 0 aliphatic heterocycles. The molecule has 0 radical (unpaired) electrons. The molecular formula is C24H39N3O9. The first kappa shape index (κ1) is 27.2. The van der Waals surface area contributed by atoms with Crippen molar-refractivity contribution in [1.29, 1.82) is 0 Å². The van der Waals surface area contributed by atoms with Crippen LogP contribution in [0.5, 0.6) is 0 Å². The molecule has 9 atom stereocenters. The maximum atomic E-state index is 13.4. The van der Waals surface area contributed by atoms with Crippen LogP contribution in [0.15, 0.2) is 14.4 Å². The zero-order valence-corrected chi connectivity index (χ0v) is 20.4. The van der Waals surface area contributed by atoms with Crippen LogP contribution >= 0.6 is 0 Å². The Morgan fingerprint density at radius 2 is 0.722 bits per heavy atom. The van der Waals surface area contributed by atoms with Crippen molar-refractivity contribution in [2.75, 3.05) is 0 Å². The summed E-state index contributed by atoms with van der Waals surface area (Å²) >= 11 is 0. The first-order valence-electron chi connectivity index (χ1n) is 13.1. The molecule has 1 aromatic heterocycles. The Kier molecular flexibility index (Phi) is 8.52. The van der Waals surface area contributed by atoms with E-state index >= 15 is 0 Å². The molecule has 6 N–H and O–H groups in total. The molecule has 0 bridgehead atoms. The third-order valence-electron chi connectivity index (χ3n) is 8.49. The van der Waals surface area contributed by atoms with E-state index in [1.165, 1.54) is 0 Å². The average molecular weight is 514 g/mol. The van der Waals surface area contributed by atoms with Crippen LogP contribution in [0.1, 0.15) is 57.8 Å². The van der Waals surface area contributed by atoms with Gasteiger partial charge >= 0.3 is 17.1 Å². The van der Waals surface area contributed by atoms with Crippen LogP contribution in [0, 0.1) is 17.8 Å². The molecule has 1 aromatic rings. The van der Waals surface area contributed by atoms with Crippen molar-refractivity contribution in [1.82, 2.24) is 13.7 Å². The van der Waals surface area contributed by atoms with E-state index in [-0.39, 0.29) is 19.6 Å². The fourth-order valence-electron chi connectivity index (χ4n) is 6.19. The zero-order valence-electron chi connectivity index (χ0n) is 20.4. The minimum Gasteiger partial charge on any atom is -0.390 e. The van der Waals surface area contributed by atoms with Crippen molar-refractivity contribution in [2.45, 2.75) is 114 Å².